The van der Waals surface area contributed by atoms with Gasteiger partial charge in [-0.25, -0.2) is 0 Å². The first-order chi connectivity index (χ1) is 9.49. The molecule has 1 nitrogen and oxygen atoms in total. The second-order valence-corrected chi connectivity index (χ2v) is 7.56. The zero-order valence-electron chi connectivity index (χ0n) is 12.5. The minimum absolute atomic E-state index is 0.531. The van der Waals surface area contributed by atoms with Gasteiger partial charge in [0.05, 0.1) is 6.54 Å². The fourth-order valence-electron chi connectivity index (χ4n) is 2.21. The van der Waals surface area contributed by atoms with Gasteiger partial charge in [-0.3, -0.25) is 0 Å². The van der Waals surface area contributed by atoms with Crippen LogP contribution in [-0.2, 0) is 6.54 Å². The number of nitrogens with one attached hydrogen (secondary N) is 1. The monoisotopic (exact) mass is 351 g/mol. The largest absolute Gasteiger partial charge is 0.380 e. The minimum atomic E-state index is 0.531. The molecule has 1 N–H and O–H groups in total. The van der Waals surface area contributed by atoms with Crippen LogP contribution in [0.2, 0.25) is 0 Å². The highest BCUT2D eigenvalue weighted by Crippen LogP contribution is 2.30. The van der Waals surface area contributed by atoms with Crippen LogP contribution in [0.3, 0.4) is 0 Å². The molecular weight excluding hydrogens is 330 g/mol. The second kappa shape index (κ2) is 6.77. The first-order valence-corrected chi connectivity index (χ1v) is 8.76. The van der Waals surface area contributed by atoms with E-state index in [-0.39, 0.29) is 0 Å². The fourth-order valence-corrected chi connectivity index (χ4v) is 3.64. The van der Waals surface area contributed by atoms with E-state index < -0.39 is 0 Å². The summed E-state index contributed by atoms with van der Waals surface area (Å²) in [6.45, 7) is 9.88. The van der Waals surface area contributed by atoms with E-state index in [2.05, 4.69) is 78.6 Å². The van der Waals surface area contributed by atoms with Gasteiger partial charge in [-0.05, 0) is 56.4 Å². The first kappa shape index (κ1) is 15.6. The highest BCUT2D eigenvalue weighted by molar-refractivity contribution is 9.10. The molecule has 0 amide bonds. The predicted molar refractivity (Wildman–Crippen MR) is 94.0 cm³/mol. The molecule has 0 fully saturated rings. The summed E-state index contributed by atoms with van der Waals surface area (Å²) in [5.41, 5.74) is 4.07. The van der Waals surface area contributed by atoms with Crippen molar-refractivity contribution in [1.29, 1.82) is 0 Å². The summed E-state index contributed by atoms with van der Waals surface area (Å²) in [7, 11) is 0. The van der Waals surface area contributed by atoms with Gasteiger partial charge in [0.25, 0.3) is 0 Å². The standard InChI is InChI=1S/C17H22BrNS/c1-11(2)13-5-6-16(14(9-13)12(3)4)19-10-17-15(18)7-8-20-17/h5-9,11-12,19H,10H2,1-4H3. The number of hydrogen-bond donors (Lipinski definition) is 1. The number of benzene rings is 1. The van der Waals surface area contributed by atoms with Crippen molar-refractivity contribution in [3.63, 3.8) is 0 Å². The molecule has 0 spiro atoms. The maximum absolute atomic E-state index is 3.59. The van der Waals surface area contributed by atoms with Crippen LogP contribution in [0.25, 0.3) is 0 Å². The molecule has 0 radical (unpaired) electrons. The third kappa shape index (κ3) is 3.64. The van der Waals surface area contributed by atoms with Crippen molar-refractivity contribution < 1.29 is 0 Å². The topological polar surface area (TPSA) is 12.0 Å². The van der Waals surface area contributed by atoms with Crippen LogP contribution in [0.15, 0.2) is 34.1 Å². The summed E-state index contributed by atoms with van der Waals surface area (Å²) < 4.78 is 1.19. The molecule has 0 aliphatic rings. The van der Waals surface area contributed by atoms with Gasteiger partial charge in [0.2, 0.25) is 0 Å². The summed E-state index contributed by atoms with van der Waals surface area (Å²) >= 11 is 5.37. The lowest BCUT2D eigenvalue weighted by Crippen LogP contribution is -2.04. The Morgan fingerprint density at radius 1 is 1.10 bits per heavy atom. The van der Waals surface area contributed by atoms with Gasteiger partial charge >= 0.3 is 0 Å². The molecule has 0 aliphatic heterocycles. The third-order valence-corrected chi connectivity index (χ3v) is 5.42. The number of anilines is 1. The van der Waals surface area contributed by atoms with Gasteiger partial charge in [0.15, 0.2) is 0 Å². The SMILES string of the molecule is CC(C)c1ccc(NCc2sccc2Br)c(C(C)C)c1. The molecule has 1 heterocycles. The Bertz CT molecular complexity index is 572. The molecule has 0 atom stereocenters. The Hall–Kier alpha value is -0.800. The normalized spacial score (nSPS) is 11.3. The maximum Gasteiger partial charge on any atom is 0.0505 e. The lowest BCUT2D eigenvalue weighted by Gasteiger charge is -2.17. The highest BCUT2D eigenvalue weighted by Gasteiger charge is 2.10. The Balaban J connectivity index is 2.20. The molecule has 1 aromatic carbocycles. The molecule has 0 aliphatic carbocycles. The average molecular weight is 352 g/mol. The van der Waals surface area contributed by atoms with Crippen molar-refractivity contribution in [2.45, 2.75) is 46.1 Å². The Kier molecular flexibility index (Phi) is 5.28. The van der Waals surface area contributed by atoms with Crippen LogP contribution in [0.1, 0.15) is 55.5 Å². The summed E-state index contributed by atoms with van der Waals surface area (Å²) in [6, 6.07) is 8.92. The van der Waals surface area contributed by atoms with Crippen LogP contribution in [0, 0.1) is 0 Å². The molecule has 20 heavy (non-hydrogen) atoms. The Morgan fingerprint density at radius 2 is 1.85 bits per heavy atom. The molecule has 108 valence electrons. The quantitative estimate of drug-likeness (QED) is 0.659. The van der Waals surface area contributed by atoms with Crippen LogP contribution in [-0.4, -0.2) is 0 Å². The van der Waals surface area contributed by atoms with Crippen molar-refractivity contribution in [3.05, 3.63) is 50.1 Å². The number of halogens is 1. The molecule has 0 saturated carbocycles. The van der Waals surface area contributed by atoms with Crippen molar-refractivity contribution in [1.82, 2.24) is 0 Å². The van der Waals surface area contributed by atoms with Gasteiger partial charge in [0, 0.05) is 15.0 Å². The van der Waals surface area contributed by atoms with Gasteiger partial charge in [-0.15, -0.1) is 11.3 Å². The Labute approximate surface area is 134 Å². The zero-order valence-corrected chi connectivity index (χ0v) is 14.9. The number of rotatable bonds is 5. The van der Waals surface area contributed by atoms with E-state index in [0.717, 1.165) is 6.54 Å². The fraction of sp³-hybridized carbons (Fsp3) is 0.412. The third-order valence-electron chi connectivity index (χ3n) is 3.49. The lowest BCUT2D eigenvalue weighted by molar-refractivity contribution is 0.833. The van der Waals surface area contributed by atoms with Crippen molar-refractivity contribution in [3.8, 4) is 0 Å². The lowest BCUT2D eigenvalue weighted by atomic mass is 9.94. The Morgan fingerprint density at radius 3 is 2.40 bits per heavy atom. The van der Waals surface area contributed by atoms with Crippen LogP contribution in [0.5, 0.6) is 0 Å². The molecule has 3 heteroatoms. The average Bonchev–Trinajstić information content (AvgIpc) is 2.81. The van der Waals surface area contributed by atoms with Gasteiger partial charge < -0.3 is 5.32 Å². The smallest absolute Gasteiger partial charge is 0.0505 e. The van der Waals surface area contributed by atoms with Gasteiger partial charge in [0.1, 0.15) is 0 Å². The number of thiophene rings is 1. The summed E-state index contributed by atoms with van der Waals surface area (Å²) in [5.74, 6) is 1.11. The highest BCUT2D eigenvalue weighted by atomic mass is 79.9. The van der Waals surface area contributed by atoms with Gasteiger partial charge in [-0.1, -0.05) is 39.8 Å². The zero-order chi connectivity index (χ0) is 14.7. The molecule has 0 saturated heterocycles. The molecule has 1 aromatic heterocycles. The molecule has 2 aromatic rings. The van der Waals surface area contributed by atoms with Crippen molar-refractivity contribution >= 4 is 33.0 Å². The van der Waals surface area contributed by atoms with Crippen LogP contribution < -0.4 is 5.32 Å². The maximum atomic E-state index is 3.59. The van der Waals surface area contributed by atoms with Gasteiger partial charge in [-0.2, -0.15) is 0 Å². The summed E-state index contributed by atoms with van der Waals surface area (Å²) in [6.07, 6.45) is 0. The van der Waals surface area contributed by atoms with E-state index in [0.29, 0.717) is 11.8 Å². The first-order valence-electron chi connectivity index (χ1n) is 7.08. The molecule has 0 bridgehead atoms. The summed E-state index contributed by atoms with van der Waals surface area (Å²) in [4.78, 5) is 1.34. The van der Waals surface area contributed by atoms with E-state index in [1.54, 1.807) is 11.3 Å². The van der Waals surface area contributed by atoms with Crippen molar-refractivity contribution in [2.75, 3.05) is 5.32 Å². The number of hydrogen-bond acceptors (Lipinski definition) is 2. The van der Waals surface area contributed by atoms with Crippen LogP contribution in [0.4, 0.5) is 5.69 Å². The van der Waals surface area contributed by atoms with E-state index >= 15 is 0 Å². The van der Waals surface area contributed by atoms with E-state index in [1.807, 2.05) is 0 Å². The van der Waals surface area contributed by atoms with Crippen molar-refractivity contribution in [2.24, 2.45) is 0 Å². The predicted octanol–water partition coefficient (Wildman–Crippen LogP) is 6.37. The molecular formula is C17H22BrNS. The second-order valence-electron chi connectivity index (χ2n) is 5.70. The van der Waals surface area contributed by atoms with E-state index in [9.17, 15) is 0 Å². The molecule has 0 unspecified atom stereocenters. The van der Waals surface area contributed by atoms with E-state index in [1.165, 1.54) is 26.2 Å². The minimum Gasteiger partial charge on any atom is -0.380 e. The van der Waals surface area contributed by atoms with Crippen LogP contribution >= 0.6 is 27.3 Å². The van der Waals surface area contributed by atoms with E-state index in [4.69, 9.17) is 0 Å². The summed E-state index contributed by atoms with van der Waals surface area (Å²) in [5, 5.41) is 5.70. The molecule has 2 rings (SSSR count).